The van der Waals surface area contributed by atoms with E-state index in [1.165, 1.54) is 16.6 Å². The van der Waals surface area contributed by atoms with Crippen molar-refractivity contribution in [1.82, 2.24) is 14.5 Å². The number of hydrogen-bond acceptors (Lipinski definition) is 4. The van der Waals surface area contributed by atoms with Crippen molar-refractivity contribution in [2.24, 2.45) is 11.7 Å². The normalized spacial score (nSPS) is 26.3. The van der Waals surface area contributed by atoms with Crippen LogP contribution in [0.15, 0.2) is 17.3 Å². The molecule has 18 heavy (non-hydrogen) atoms. The zero-order valence-corrected chi connectivity index (χ0v) is 11.4. The minimum atomic E-state index is -3.48. The lowest BCUT2D eigenvalue weighted by molar-refractivity contribution is 0.197. The number of aromatic amines is 1. The van der Waals surface area contributed by atoms with Gasteiger partial charge < -0.3 is 5.73 Å². The number of piperidine rings is 1. The van der Waals surface area contributed by atoms with E-state index in [1.54, 1.807) is 0 Å². The Morgan fingerprint density at radius 1 is 1.61 bits per heavy atom. The van der Waals surface area contributed by atoms with Gasteiger partial charge in [0, 0.05) is 19.1 Å². The van der Waals surface area contributed by atoms with Crippen LogP contribution in [0.2, 0.25) is 0 Å². The van der Waals surface area contributed by atoms with Gasteiger partial charge in [0.2, 0.25) is 0 Å². The van der Waals surface area contributed by atoms with Gasteiger partial charge in [-0.05, 0) is 24.8 Å². The lowest BCUT2D eigenvalue weighted by Crippen LogP contribution is -2.49. The lowest BCUT2D eigenvalue weighted by Gasteiger charge is -2.37. The number of aromatic nitrogens is 2. The smallest absolute Gasteiger partial charge is 0.260 e. The Balaban J connectivity index is 2.22. The topological polar surface area (TPSA) is 92.1 Å². The van der Waals surface area contributed by atoms with Crippen LogP contribution in [-0.2, 0) is 10.0 Å². The minimum Gasteiger partial charge on any atom is -0.329 e. The van der Waals surface area contributed by atoms with E-state index in [9.17, 15) is 8.42 Å². The molecule has 2 rings (SSSR count). The van der Waals surface area contributed by atoms with E-state index < -0.39 is 10.0 Å². The first-order valence-electron chi connectivity index (χ1n) is 6.30. The maximum atomic E-state index is 12.4. The Labute approximate surface area is 108 Å². The number of rotatable bonds is 4. The zero-order chi connectivity index (χ0) is 13.2. The van der Waals surface area contributed by atoms with Crippen molar-refractivity contribution in [3.8, 4) is 0 Å². The van der Waals surface area contributed by atoms with Gasteiger partial charge in [-0.2, -0.15) is 9.40 Å². The molecule has 0 radical (unpaired) electrons. The molecule has 0 amide bonds. The van der Waals surface area contributed by atoms with Gasteiger partial charge in [-0.15, -0.1) is 0 Å². The van der Waals surface area contributed by atoms with Crippen LogP contribution in [0.4, 0.5) is 0 Å². The van der Waals surface area contributed by atoms with Crippen LogP contribution < -0.4 is 5.73 Å². The first kappa shape index (κ1) is 13.5. The SMILES string of the molecule is CCC1CCN(S(=O)(=O)c2ccn[nH]2)C(CN)C1. The van der Waals surface area contributed by atoms with E-state index in [-0.39, 0.29) is 11.1 Å². The van der Waals surface area contributed by atoms with E-state index in [1.807, 2.05) is 0 Å². The number of hydrogen-bond donors (Lipinski definition) is 2. The standard InChI is InChI=1S/C11H20N4O2S/c1-2-9-4-6-15(10(7-9)8-12)18(16,17)11-3-5-13-14-11/h3,5,9-10H,2,4,6-8,12H2,1H3,(H,13,14). The predicted octanol–water partition coefficient (Wildman–Crippen LogP) is 0.548. The zero-order valence-electron chi connectivity index (χ0n) is 10.5. The molecule has 0 saturated carbocycles. The quantitative estimate of drug-likeness (QED) is 0.837. The van der Waals surface area contributed by atoms with Crippen molar-refractivity contribution < 1.29 is 8.42 Å². The molecule has 0 aromatic carbocycles. The molecule has 3 N–H and O–H groups in total. The van der Waals surface area contributed by atoms with Crippen LogP contribution in [0.5, 0.6) is 0 Å². The van der Waals surface area contributed by atoms with Crippen LogP contribution in [-0.4, -0.2) is 42.1 Å². The summed E-state index contributed by atoms with van der Waals surface area (Å²) in [7, 11) is -3.48. The van der Waals surface area contributed by atoms with E-state index in [2.05, 4.69) is 17.1 Å². The number of nitrogens with zero attached hydrogens (tertiary/aromatic N) is 2. The predicted molar refractivity (Wildman–Crippen MR) is 68.3 cm³/mol. The second-order valence-electron chi connectivity index (χ2n) is 4.72. The molecule has 1 aliphatic rings. The number of sulfonamides is 1. The van der Waals surface area contributed by atoms with Gasteiger partial charge in [0.1, 0.15) is 0 Å². The second kappa shape index (κ2) is 5.38. The summed E-state index contributed by atoms with van der Waals surface area (Å²) in [6, 6.07) is 1.38. The highest BCUT2D eigenvalue weighted by Crippen LogP contribution is 2.28. The lowest BCUT2D eigenvalue weighted by atomic mass is 9.90. The molecular formula is C11H20N4O2S. The van der Waals surface area contributed by atoms with E-state index in [0.29, 0.717) is 19.0 Å². The van der Waals surface area contributed by atoms with Gasteiger partial charge in [0.25, 0.3) is 10.0 Å². The Bertz CT molecular complexity index is 471. The molecule has 0 bridgehead atoms. The Kier molecular flexibility index (Phi) is 4.04. The summed E-state index contributed by atoms with van der Waals surface area (Å²) >= 11 is 0. The van der Waals surface area contributed by atoms with Crippen molar-refractivity contribution in [1.29, 1.82) is 0 Å². The molecule has 1 fully saturated rings. The summed E-state index contributed by atoms with van der Waals surface area (Å²) in [5.41, 5.74) is 5.73. The van der Waals surface area contributed by atoms with Crippen LogP contribution in [0.3, 0.4) is 0 Å². The molecule has 2 unspecified atom stereocenters. The van der Waals surface area contributed by atoms with Crippen molar-refractivity contribution in [2.75, 3.05) is 13.1 Å². The summed E-state index contributed by atoms with van der Waals surface area (Å²) in [5.74, 6) is 0.576. The highest BCUT2D eigenvalue weighted by molar-refractivity contribution is 7.89. The Morgan fingerprint density at radius 3 is 2.94 bits per heavy atom. The van der Waals surface area contributed by atoms with Crippen LogP contribution in [0.1, 0.15) is 26.2 Å². The summed E-state index contributed by atoms with van der Waals surface area (Å²) in [4.78, 5) is 0. The third-order valence-electron chi connectivity index (χ3n) is 3.68. The fourth-order valence-corrected chi connectivity index (χ4v) is 4.09. The molecule has 102 valence electrons. The Morgan fingerprint density at radius 2 is 2.39 bits per heavy atom. The maximum absolute atomic E-state index is 12.4. The van der Waals surface area contributed by atoms with Crippen LogP contribution in [0, 0.1) is 5.92 Å². The molecule has 2 atom stereocenters. The highest BCUT2D eigenvalue weighted by Gasteiger charge is 2.36. The largest absolute Gasteiger partial charge is 0.329 e. The monoisotopic (exact) mass is 272 g/mol. The third kappa shape index (κ3) is 2.43. The van der Waals surface area contributed by atoms with E-state index >= 15 is 0 Å². The van der Waals surface area contributed by atoms with Gasteiger partial charge >= 0.3 is 0 Å². The van der Waals surface area contributed by atoms with Crippen molar-refractivity contribution in [2.45, 2.75) is 37.3 Å². The maximum Gasteiger partial charge on any atom is 0.260 e. The van der Waals surface area contributed by atoms with Crippen molar-refractivity contribution in [3.63, 3.8) is 0 Å². The number of H-pyrrole nitrogens is 1. The third-order valence-corrected chi connectivity index (χ3v) is 5.56. The van der Waals surface area contributed by atoms with Crippen LogP contribution >= 0.6 is 0 Å². The molecule has 1 saturated heterocycles. The molecule has 0 spiro atoms. The molecule has 0 aliphatic carbocycles. The summed E-state index contributed by atoms with van der Waals surface area (Å²) in [5, 5.41) is 6.38. The van der Waals surface area contributed by atoms with Gasteiger partial charge in [-0.3, -0.25) is 5.10 Å². The van der Waals surface area contributed by atoms with Crippen LogP contribution in [0.25, 0.3) is 0 Å². The van der Waals surface area contributed by atoms with E-state index in [4.69, 9.17) is 5.73 Å². The number of nitrogens with one attached hydrogen (secondary N) is 1. The average molecular weight is 272 g/mol. The molecule has 7 heteroatoms. The summed E-state index contributed by atoms with van der Waals surface area (Å²) < 4.78 is 26.3. The first-order valence-corrected chi connectivity index (χ1v) is 7.74. The fraction of sp³-hybridized carbons (Fsp3) is 0.727. The Hall–Kier alpha value is -0.920. The molecule has 6 nitrogen and oxygen atoms in total. The highest BCUT2D eigenvalue weighted by atomic mass is 32.2. The average Bonchev–Trinajstić information content (AvgIpc) is 2.92. The first-order chi connectivity index (χ1) is 8.59. The molecule has 1 aromatic rings. The second-order valence-corrected chi connectivity index (χ2v) is 6.58. The van der Waals surface area contributed by atoms with Gasteiger partial charge in [0.05, 0.1) is 6.20 Å². The fourth-order valence-electron chi connectivity index (χ4n) is 2.53. The van der Waals surface area contributed by atoms with E-state index in [0.717, 1.165) is 19.3 Å². The molecule has 2 heterocycles. The van der Waals surface area contributed by atoms with Crippen molar-refractivity contribution in [3.05, 3.63) is 12.3 Å². The molecule has 1 aromatic heterocycles. The summed E-state index contributed by atoms with van der Waals surface area (Å²) in [6.45, 7) is 3.04. The van der Waals surface area contributed by atoms with Gasteiger partial charge in [0.15, 0.2) is 5.03 Å². The molecular weight excluding hydrogens is 252 g/mol. The van der Waals surface area contributed by atoms with Crippen molar-refractivity contribution >= 4 is 10.0 Å². The number of nitrogens with two attached hydrogens (primary N) is 1. The molecule has 1 aliphatic heterocycles. The summed E-state index contributed by atoms with van der Waals surface area (Å²) in [6.07, 6.45) is 4.28. The van der Waals surface area contributed by atoms with Gasteiger partial charge in [-0.1, -0.05) is 13.3 Å². The minimum absolute atomic E-state index is 0.100. The van der Waals surface area contributed by atoms with Gasteiger partial charge in [-0.25, -0.2) is 8.42 Å².